The molecule has 2 aromatic rings. The SMILES string of the molecule is COc1cc(/C=C2/C(=O)NN(c3ccccc3)C2=O)c(Cl)cc1O. The number of nitrogens with zero attached hydrogens (tertiary/aromatic N) is 1. The van der Waals surface area contributed by atoms with Crippen molar-refractivity contribution in [3.63, 3.8) is 0 Å². The fourth-order valence-corrected chi connectivity index (χ4v) is 2.52. The van der Waals surface area contributed by atoms with Crippen molar-refractivity contribution in [1.29, 1.82) is 0 Å². The Kier molecular flexibility index (Phi) is 4.14. The number of para-hydroxylation sites is 1. The zero-order valence-electron chi connectivity index (χ0n) is 12.6. The number of hydrogen-bond donors (Lipinski definition) is 2. The molecule has 2 N–H and O–H groups in total. The van der Waals surface area contributed by atoms with Crippen molar-refractivity contribution in [3.05, 3.63) is 58.6 Å². The fourth-order valence-electron chi connectivity index (χ4n) is 2.30. The van der Waals surface area contributed by atoms with E-state index in [4.69, 9.17) is 16.3 Å². The molecule has 24 heavy (non-hydrogen) atoms. The molecule has 1 heterocycles. The first-order chi connectivity index (χ1) is 11.5. The second kappa shape index (κ2) is 6.25. The summed E-state index contributed by atoms with van der Waals surface area (Å²) < 4.78 is 5.02. The van der Waals surface area contributed by atoms with Crippen molar-refractivity contribution in [1.82, 2.24) is 5.43 Å². The molecular formula is C17H13ClN2O4. The number of carbonyl (C=O) groups excluding carboxylic acids is 2. The minimum absolute atomic E-state index is 0.0616. The first kappa shape index (κ1) is 15.9. The van der Waals surface area contributed by atoms with E-state index in [1.54, 1.807) is 24.3 Å². The van der Waals surface area contributed by atoms with Gasteiger partial charge in [-0.15, -0.1) is 0 Å². The van der Waals surface area contributed by atoms with Gasteiger partial charge in [-0.1, -0.05) is 29.8 Å². The lowest BCUT2D eigenvalue weighted by atomic mass is 10.1. The molecule has 0 radical (unpaired) electrons. The number of ether oxygens (including phenoxy) is 1. The summed E-state index contributed by atoms with van der Waals surface area (Å²) in [4.78, 5) is 24.6. The highest BCUT2D eigenvalue weighted by Crippen LogP contribution is 2.34. The molecule has 0 bridgehead atoms. The van der Waals surface area contributed by atoms with Crippen molar-refractivity contribution in [2.24, 2.45) is 0 Å². The van der Waals surface area contributed by atoms with E-state index in [1.807, 2.05) is 6.07 Å². The average molecular weight is 345 g/mol. The summed E-state index contributed by atoms with van der Waals surface area (Å²) in [5, 5.41) is 11.0. The van der Waals surface area contributed by atoms with Gasteiger partial charge in [-0.05, 0) is 29.8 Å². The normalized spacial score (nSPS) is 15.8. The quantitative estimate of drug-likeness (QED) is 0.662. The predicted octanol–water partition coefficient (Wildman–Crippen LogP) is 2.52. The van der Waals surface area contributed by atoms with Crippen LogP contribution in [-0.2, 0) is 9.59 Å². The maximum atomic E-state index is 12.5. The Balaban J connectivity index is 1.99. The summed E-state index contributed by atoms with van der Waals surface area (Å²) in [6.07, 6.45) is 1.37. The molecule has 1 saturated heterocycles. The van der Waals surface area contributed by atoms with E-state index < -0.39 is 11.8 Å². The molecule has 0 aromatic heterocycles. The van der Waals surface area contributed by atoms with Gasteiger partial charge in [0.2, 0.25) is 0 Å². The lowest BCUT2D eigenvalue weighted by molar-refractivity contribution is -0.117. The van der Waals surface area contributed by atoms with Gasteiger partial charge in [0.1, 0.15) is 5.57 Å². The van der Waals surface area contributed by atoms with Crippen LogP contribution < -0.4 is 15.2 Å². The summed E-state index contributed by atoms with van der Waals surface area (Å²) in [5.41, 5.74) is 3.38. The van der Waals surface area contributed by atoms with E-state index in [2.05, 4.69) is 5.43 Å². The number of aromatic hydroxyl groups is 1. The molecule has 3 rings (SSSR count). The van der Waals surface area contributed by atoms with Gasteiger partial charge in [0.25, 0.3) is 11.8 Å². The molecule has 2 amide bonds. The smallest absolute Gasteiger partial charge is 0.282 e. The predicted molar refractivity (Wildman–Crippen MR) is 89.7 cm³/mol. The highest BCUT2D eigenvalue weighted by atomic mass is 35.5. The summed E-state index contributed by atoms with van der Waals surface area (Å²) in [6.45, 7) is 0. The number of benzene rings is 2. The van der Waals surface area contributed by atoms with Crippen LogP contribution in [0.15, 0.2) is 48.0 Å². The zero-order chi connectivity index (χ0) is 17.3. The van der Waals surface area contributed by atoms with Gasteiger partial charge in [0.05, 0.1) is 17.8 Å². The summed E-state index contributed by atoms with van der Waals surface area (Å²) in [7, 11) is 1.39. The number of rotatable bonds is 3. The standard InChI is InChI=1S/C17H13ClN2O4/c1-24-15-8-10(13(18)9-14(15)21)7-12-16(22)19-20(17(12)23)11-5-3-2-4-6-11/h2-9,21H,1H3,(H,19,22)/b12-7-. The Morgan fingerprint density at radius 2 is 1.92 bits per heavy atom. The number of phenols is 1. The summed E-state index contributed by atoms with van der Waals surface area (Å²) in [5.74, 6) is -0.962. The molecule has 0 saturated carbocycles. The molecule has 1 aliphatic rings. The zero-order valence-corrected chi connectivity index (χ0v) is 13.4. The van der Waals surface area contributed by atoms with Crippen LogP contribution in [0.4, 0.5) is 5.69 Å². The average Bonchev–Trinajstić information content (AvgIpc) is 2.86. The van der Waals surface area contributed by atoms with Gasteiger partial charge in [0.15, 0.2) is 11.5 Å². The van der Waals surface area contributed by atoms with Crippen LogP contribution in [0.2, 0.25) is 5.02 Å². The minimum Gasteiger partial charge on any atom is -0.504 e. The van der Waals surface area contributed by atoms with Gasteiger partial charge in [-0.2, -0.15) is 0 Å². The third kappa shape index (κ3) is 2.79. The number of hydrazine groups is 1. The van der Waals surface area contributed by atoms with Crippen LogP contribution in [0.5, 0.6) is 11.5 Å². The number of halogens is 1. The van der Waals surface area contributed by atoms with Gasteiger partial charge in [-0.25, -0.2) is 5.01 Å². The lowest BCUT2D eigenvalue weighted by Crippen LogP contribution is -2.35. The molecule has 0 unspecified atom stereocenters. The van der Waals surface area contributed by atoms with Crippen LogP contribution in [-0.4, -0.2) is 24.0 Å². The number of amides is 2. The summed E-state index contributed by atoms with van der Waals surface area (Å²) >= 11 is 6.07. The second-order valence-electron chi connectivity index (χ2n) is 5.02. The Bertz CT molecular complexity index is 849. The van der Waals surface area contributed by atoms with Crippen molar-refractivity contribution in [3.8, 4) is 11.5 Å². The number of anilines is 1. The van der Waals surface area contributed by atoms with Crippen LogP contribution >= 0.6 is 11.6 Å². The minimum atomic E-state index is -0.535. The number of carbonyl (C=O) groups is 2. The van der Waals surface area contributed by atoms with Crippen molar-refractivity contribution in [2.75, 3.05) is 12.1 Å². The third-order valence-corrected chi connectivity index (χ3v) is 3.83. The van der Waals surface area contributed by atoms with E-state index >= 15 is 0 Å². The molecular weight excluding hydrogens is 332 g/mol. The monoisotopic (exact) mass is 344 g/mol. The highest BCUT2D eigenvalue weighted by Gasteiger charge is 2.34. The van der Waals surface area contributed by atoms with Gasteiger partial charge >= 0.3 is 0 Å². The van der Waals surface area contributed by atoms with Crippen LogP contribution in [0.1, 0.15) is 5.56 Å². The van der Waals surface area contributed by atoms with Crippen LogP contribution in [0.25, 0.3) is 6.08 Å². The van der Waals surface area contributed by atoms with Gasteiger partial charge in [-0.3, -0.25) is 15.0 Å². The van der Waals surface area contributed by atoms with E-state index in [0.717, 1.165) is 0 Å². The van der Waals surface area contributed by atoms with Crippen molar-refractivity contribution in [2.45, 2.75) is 0 Å². The molecule has 0 aliphatic carbocycles. The van der Waals surface area contributed by atoms with E-state index in [1.165, 1.54) is 30.3 Å². The number of nitrogens with one attached hydrogen (secondary N) is 1. The molecule has 0 spiro atoms. The molecule has 2 aromatic carbocycles. The topological polar surface area (TPSA) is 78.9 Å². The van der Waals surface area contributed by atoms with Crippen molar-refractivity contribution < 1.29 is 19.4 Å². The van der Waals surface area contributed by atoms with Crippen molar-refractivity contribution >= 4 is 35.2 Å². The maximum Gasteiger partial charge on any atom is 0.282 e. The molecule has 1 fully saturated rings. The summed E-state index contributed by atoms with van der Waals surface area (Å²) in [6, 6.07) is 11.5. The Hall–Kier alpha value is -2.99. The highest BCUT2D eigenvalue weighted by molar-refractivity contribution is 6.34. The van der Waals surface area contributed by atoms with Crippen LogP contribution in [0, 0.1) is 0 Å². The Morgan fingerprint density at radius 1 is 1.21 bits per heavy atom. The first-order valence-corrected chi connectivity index (χ1v) is 7.37. The number of methoxy groups -OCH3 is 1. The second-order valence-corrected chi connectivity index (χ2v) is 5.43. The largest absolute Gasteiger partial charge is 0.504 e. The lowest BCUT2D eigenvalue weighted by Gasteiger charge is -2.13. The Labute approximate surface area is 142 Å². The van der Waals surface area contributed by atoms with Crippen LogP contribution in [0.3, 0.4) is 0 Å². The van der Waals surface area contributed by atoms with E-state index in [9.17, 15) is 14.7 Å². The fraction of sp³-hybridized carbons (Fsp3) is 0.0588. The van der Waals surface area contributed by atoms with Gasteiger partial charge < -0.3 is 9.84 Å². The van der Waals surface area contributed by atoms with Gasteiger partial charge in [0, 0.05) is 6.07 Å². The molecule has 0 atom stereocenters. The van der Waals surface area contributed by atoms with E-state index in [0.29, 0.717) is 11.3 Å². The molecule has 7 heteroatoms. The Morgan fingerprint density at radius 3 is 2.58 bits per heavy atom. The third-order valence-electron chi connectivity index (χ3n) is 3.50. The molecule has 122 valence electrons. The maximum absolute atomic E-state index is 12.5. The number of hydrogen-bond acceptors (Lipinski definition) is 4. The first-order valence-electron chi connectivity index (χ1n) is 7.00. The number of phenolic OH excluding ortho intramolecular Hbond substituents is 1. The molecule has 6 nitrogen and oxygen atoms in total. The van der Waals surface area contributed by atoms with E-state index in [-0.39, 0.29) is 22.1 Å². The molecule has 1 aliphatic heterocycles.